The monoisotopic (exact) mass is 279 g/mol. The first-order valence-corrected chi connectivity index (χ1v) is 7.99. The van der Waals surface area contributed by atoms with Gasteiger partial charge in [0.05, 0.1) is 0 Å². The van der Waals surface area contributed by atoms with Gasteiger partial charge >= 0.3 is 0 Å². The summed E-state index contributed by atoms with van der Waals surface area (Å²) in [7, 11) is 0. The number of benzene rings is 1. The van der Waals surface area contributed by atoms with Crippen LogP contribution >= 0.6 is 11.6 Å². The Morgan fingerprint density at radius 1 is 1.37 bits per heavy atom. The van der Waals surface area contributed by atoms with Crippen LogP contribution in [0.3, 0.4) is 0 Å². The molecular formula is C17H26ClN. The zero-order valence-electron chi connectivity index (χ0n) is 12.4. The molecule has 0 heterocycles. The highest BCUT2D eigenvalue weighted by Gasteiger charge is 2.28. The van der Waals surface area contributed by atoms with E-state index in [0.717, 1.165) is 23.4 Å². The lowest BCUT2D eigenvalue weighted by atomic mass is 9.76. The van der Waals surface area contributed by atoms with Crippen LogP contribution in [0.5, 0.6) is 0 Å². The van der Waals surface area contributed by atoms with Crippen LogP contribution < -0.4 is 5.32 Å². The molecule has 3 atom stereocenters. The molecule has 106 valence electrons. The van der Waals surface area contributed by atoms with Gasteiger partial charge < -0.3 is 5.32 Å². The molecule has 1 aliphatic carbocycles. The maximum absolute atomic E-state index is 6.48. The van der Waals surface area contributed by atoms with E-state index in [2.05, 4.69) is 44.3 Å². The summed E-state index contributed by atoms with van der Waals surface area (Å²) in [5, 5.41) is 4.59. The summed E-state index contributed by atoms with van der Waals surface area (Å²) in [5.41, 5.74) is 2.52. The van der Waals surface area contributed by atoms with Crippen molar-refractivity contribution >= 4 is 11.6 Å². The molecule has 0 spiro atoms. The van der Waals surface area contributed by atoms with Crippen molar-refractivity contribution in [1.29, 1.82) is 0 Å². The molecule has 1 aromatic carbocycles. The summed E-state index contributed by atoms with van der Waals surface area (Å²) in [6.45, 7) is 7.66. The number of aryl methyl sites for hydroxylation is 1. The van der Waals surface area contributed by atoms with Crippen molar-refractivity contribution in [3.8, 4) is 0 Å². The lowest BCUT2D eigenvalue weighted by Crippen LogP contribution is -2.31. The first-order chi connectivity index (χ1) is 9.11. The predicted octanol–water partition coefficient (Wildman–Crippen LogP) is 5.13. The fourth-order valence-corrected chi connectivity index (χ4v) is 3.77. The van der Waals surface area contributed by atoms with Gasteiger partial charge in [-0.1, -0.05) is 50.4 Å². The van der Waals surface area contributed by atoms with E-state index in [1.165, 1.54) is 36.8 Å². The maximum Gasteiger partial charge on any atom is 0.0456 e. The van der Waals surface area contributed by atoms with Crippen molar-refractivity contribution in [3.05, 3.63) is 34.3 Å². The number of rotatable bonds is 4. The molecule has 1 saturated carbocycles. The average molecular weight is 280 g/mol. The molecule has 0 amide bonds. The van der Waals surface area contributed by atoms with Crippen molar-refractivity contribution in [2.24, 2.45) is 11.8 Å². The van der Waals surface area contributed by atoms with Gasteiger partial charge in [0.1, 0.15) is 0 Å². The topological polar surface area (TPSA) is 12.0 Å². The molecule has 0 aromatic heterocycles. The molecule has 0 radical (unpaired) electrons. The highest BCUT2D eigenvalue weighted by molar-refractivity contribution is 6.31. The SMILES string of the molecule is CCNC(c1ccc(C)cc1Cl)C1CCCC(C)C1. The Morgan fingerprint density at radius 2 is 2.16 bits per heavy atom. The summed E-state index contributed by atoms with van der Waals surface area (Å²) in [6.07, 6.45) is 5.39. The Labute approximate surface area is 122 Å². The van der Waals surface area contributed by atoms with Crippen molar-refractivity contribution < 1.29 is 0 Å². The molecule has 3 unspecified atom stereocenters. The third kappa shape index (κ3) is 3.73. The second-order valence-corrected chi connectivity index (χ2v) is 6.50. The van der Waals surface area contributed by atoms with Gasteiger partial charge in [0.15, 0.2) is 0 Å². The minimum Gasteiger partial charge on any atom is -0.310 e. The van der Waals surface area contributed by atoms with E-state index in [1.807, 2.05) is 0 Å². The second-order valence-electron chi connectivity index (χ2n) is 6.09. The highest BCUT2D eigenvalue weighted by atomic mass is 35.5. The molecule has 1 nitrogen and oxygen atoms in total. The standard InChI is InChI=1S/C17H26ClN/c1-4-19-17(14-7-5-6-12(2)10-14)15-9-8-13(3)11-16(15)18/h8-9,11-12,14,17,19H,4-7,10H2,1-3H3. The van der Waals surface area contributed by atoms with Crippen LogP contribution in [-0.2, 0) is 0 Å². The summed E-state index contributed by atoms with van der Waals surface area (Å²) in [4.78, 5) is 0. The molecule has 1 N–H and O–H groups in total. The number of hydrogen-bond donors (Lipinski definition) is 1. The van der Waals surface area contributed by atoms with Crippen LogP contribution in [0.1, 0.15) is 56.7 Å². The number of hydrogen-bond acceptors (Lipinski definition) is 1. The minimum absolute atomic E-state index is 0.417. The Kier molecular flexibility index (Phi) is 5.29. The fourth-order valence-electron chi connectivity index (χ4n) is 3.42. The average Bonchev–Trinajstić information content (AvgIpc) is 2.37. The maximum atomic E-state index is 6.48. The fraction of sp³-hybridized carbons (Fsp3) is 0.647. The van der Waals surface area contributed by atoms with E-state index in [-0.39, 0.29) is 0 Å². The Bertz CT molecular complexity index is 416. The lowest BCUT2D eigenvalue weighted by Gasteiger charge is -2.34. The van der Waals surface area contributed by atoms with Crippen LogP contribution in [0.4, 0.5) is 0 Å². The molecule has 0 bridgehead atoms. The van der Waals surface area contributed by atoms with Gasteiger partial charge in [-0.3, -0.25) is 0 Å². The van der Waals surface area contributed by atoms with Crippen LogP contribution in [0.15, 0.2) is 18.2 Å². The van der Waals surface area contributed by atoms with Gasteiger partial charge in [0, 0.05) is 11.1 Å². The van der Waals surface area contributed by atoms with E-state index >= 15 is 0 Å². The van der Waals surface area contributed by atoms with E-state index in [1.54, 1.807) is 0 Å². The van der Waals surface area contributed by atoms with Crippen molar-refractivity contribution in [2.75, 3.05) is 6.54 Å². The van der Waals surface area contributed by atoms with Gasteiger partial charge in [-0.2, -0.15) is 0 Å². The lowest BCUT2D eigenvalue weighted by molar-refractivity contribution is 0.225. The molecule has 1 aromatic rings. The van der Waals surface area contributed by atoms with E-state index < -0.39 is 0 Å². The zero-order valence-corrected chi connectivity index (χ0v) is 13.1. The van der Waals surface area contributed by atoms with Crippen LogP contribution in [0.25, 0.3) is 0 Å². The van der Waals surface area contributed by atoms with E-state index in [4.69, 9.17) is 11.6 Å². The number of halogens is 1. The summed E-state index contributed by atoms with van der Waals surface area (Å²) in [5.74, 6) is 1.58. The molecule has 0 aliphatic heterocycles. The minimum atomic E-state index is 0.417. The van der Waals surface area contributed by atoms with Gasteiger partial charge in [-0.25, -0.2) is 0 Å². The van der Waals surface area contributed by atoms with Crippen molar-refractivity contribution in [3.63, 3.8) is 0 Å². The van der Waals surface area contributed by atoms with Gasteiger partial charge in [-0.15, -0.1) is 0 Å². The molecule has 1 aliphatic rings. The Balaban J connectivity index is 2.23. The van der Waals surface area contributed by atoms with Gasteiger partial charge in [-0.05, 0) is 55.3 Å². The third-order valence-corrected chi connectivity index (χ3v) is 4.69. The van der Waals surface area contributed by atoms with Gasteiger partial charge in [0.2, 0.25) is 0 Å². The highest BCUT2D eigenvalue weighted by Crippen LogP contribution is 2.39. The van der Waals surface area contributed by atoms with Crippen LogP contribution in [-0.4, -0.2) is 6.54 Å². The molecular weight excluding hydrogens is 254 g/mol. The second kappa shape index (κ2) is 6.76. The first kappa shape index (κ1) is 14.9. The van der Waals surface area contributed by atoms with Crippen LogP contribution in [0.2, 0.25) is 5.02 Å². The van der Waals surface area contributed by atoms with Crippen molar-refractivity contribution in [2.45, 2.75) is 52.5 Å². The largest absolute Gasteiger partial charge is 0.310 e. The van der Waals surface area contributed by atoms with E-state index in [9.17, 15) is 0 Å². The third-order valence-electron chi connectivity index (χ3n) is 4.36. The molecule has 2 rings (SSSR count). The first-order valence-electron chi connectivity index (χ1n) is 7.61. The Morgan fingerprint density at radius 3 is 2.79 bits per heavy atom. The molecule has 1 fully saturated rings. The molecule has 0 saturated heterocycles. The van der Waals surface area contributed by atoms with E-state index in [0.29, 0.717) is 6.04 Å². The van der Waals surface area contributed by atoms with Crippen LogP contribution in [0, 0.1) is 18.8 Å². The quantitative estimate of drug-likeness (QED) is 0.806. The zero-order chi connectivity index (χ0) is 13.8. The van der Waals surface area contributed by atoms with Crippen molar-refractivity contribution in [1.82, 2.24) is 5.32 Å². The predicted molar refractivity (Wildman–Crippen MR) is 83.7 cm³/mol. The summed E-state index contributed by atoms with van der Waals surface area (Å²) >= 11 is 6.48. The summed E-state index contributed by atoms with van der Waals surface area (Å²) < 4.78 is 0. The molecule has 2 heteroatoms. The summed E-state index contributed by atoms with van der Waals surface area (Å²) in [6, 6.07) is 6.90. The molecule has 19 heavy (non-hydrogen) atoms. The number of nitrogens with one attached hydrogen (secondary N) is 1. The normalized spacial score (nSPS) is 25.3. The van der Waals surface area contributed by atoms with Gasteiger partial charge in [0.25, 0.3) is 0 Å². The smallest absolute Gasteiger partial charge is 0.0456 e. The Hall–Kier alpha value is -0.530.